The number of aromatic nitrogens is 1. The zero-order valence-electron chi connectivity index (χ0n) is 11.8. The van der Waals surface area contributed by atoms with Gasteiger partial charge in [0.1, 0.15) is 17.2 Å². The summed E-state index contributed by atoms with van der Waals surface area (Å²) in [5.41, 5.74) is 5.13. The molecule has 0 saturated carbocycles. The maximum Gasteiger partial charge on any atom is 0.433 e. The average molecular weight is 395 g/mol. The van der Waals surface area contributed by atoms with E-state index in [1.807, 2.05) is 12.5 Å². The molecular weight excluding hydrogens is 381 g/mol. The van der Waals surface area contributed by atoms with E-state index in [9.17, 15) is 13.2 Å². The summed E-state index contributed by atoms with van der Waals surface area (Å²) in [6, 6.07) is 6.94. The van der Waals surface area contributed by atoms with E-state index in [-0.39, 0.29) is 5.75 Å². The Morgan fingerprint density at radius 1 is 1.14 bits per heavy atom. The Bertz CT molecular complexity index is 586. The van der Waals surface area contributed by atoms with E-state index in [2.05, 4.69) is 20.9 Å². The van der Waals surface area contributed by atoms with Gasteiger partial charge in [0.2, 0.25) is 0 Å². The maximum absolute atomic E-state index is 12.3. The molecule has 120 valence electrons. The van der Waals surface area contributed by atoms with Crippen molar-refractivity contribution in [3.8, 4) is 11.5 Å². The number of ether oxygens (including phenoxy) is 1. The molecule has 22 heavy (non-hydrogen) atoms. The summed E-state index contributed by atoms with van der Waals surface area (Å²) in [5, 5.41) is 0. The van der Waals surface area contributed by atoms with E-state index in [0.29, 0.717) is 15.9 Å². The monoisotopic (exact) mass is 394 g/mol. The van der Waals surface area contributed by atoms with Crippen molar-refractivity contribution in [3.63, 3.8) is 0 Å². The normalized spacial score (nSPS) is 10.6. The molecule has 0 atom stereocenters. The van der Waals surface area contributed by atoms with Crippen LogP contribution in [0.3, 0.4) is 0 Å². The molecule has 1 heterocycles. The quantitative estimate of drug-likeness (QED) is 0.709. The largest absolute Gasteiger partial charge is 0.456 e. The van der Waals surface area contributed by atoms with Gasteiger partial charge in [-0.1, -0.05) is 15.9 Å². The van der Waals surface area contributed by atoms with Crippen LogP contribution in [0.15, 0.2) is 41.0 Å². The number of nitrogen functional groups attached to an aromatic ring is 1. The summed E-state index contributed by atoms with van der Waals surface area (Å²) >= 11 is 4.99. The first-order valence-corrected chi connectivity index (χ1v) is 8.36. The lowest BCUT2D eigenvalue weighted by atomic mass is 10.3. The fourth-order valence-electron chi connectivity index (χ4n) is 1.39. The Morgan fingerprint density at radius 3 is 2.23 bits per heavy atom. The number of thioether (sulfide) groups is 1. The predicted octanol–water partition coefficient (Wildman–Crippen LogP) is 5.22. The van der Waals surface area contributed by atoms with Crippen LogP contribution in [-0.4, -0.2) is 17.5 Å². The molecule has 2 rings (SSSR count). The van der Waals surface area contributed by atoms with Gasteiger partial charge in [0.05, 0.1) is 6.20 Å². The van der Waals surface area contributed by atoms with Crippen LogP contribution in [-0.2, 0) is 6.18 Å². The van der Waals surface area contributed by atoms with Gasteiger partial charge in [0.15, 0.2) is 0 Å². The summed E-state index contributed by atoms with van der Waals surface area (Å²) in [6.07, 6.45) is 0.638. The van der Waals surface area contributed by atoms with Crippen molar-refractivity contribution in [2.75, 3.05) is 18.2 Å². The first kappa shape index (κ1) is 18.6. The lowest BCUT2D eigenvalue weighted by molar-refractivity contribution is -0.141. The van der Waals surface area contributed by atoms with Crippen LogP contribution < -0.4 is 10.5 Å². The van der Waals surface area contributed by atoms with Gasteiger partial charge in [-0.2, -0.15) is 24.9 Å². The fourth-order valence-corrected chi connectivity index (χ4v) is 1.88. The number of nitrogens with zero attached hydrogens (tertiary/aromatic N) is 1. The third-order valence-electron chi connectivity index (χ3n) is 2.16. The zero-order valence-corrected chi connectivity index (χ0v) is 14.2. The van der Waals surface area contributed by atoms with Crippen molar-refractivity contribution < 1.29 is 17.9 Å². The number of hydrogen-bond donors (Lipinski definition) is 1. The smallest absolute Gasteiger partial charge is 0.433 e. The molecule has 0 aliphatic heterocycles. The fraction of sp³-hybridized carbons (Fsp3) is 0.214. The van der Waals surface area contributed by atoms with Crippen molar-refractivity contribution in [3.05, 3.63) is 46.7 Å². The van der Waals surface area contributed by atoms with Crippen LogP contribution in [0.4, 0.5) is 18.9 Å². The number of halogens is 4. The number of alkyl halides is 3. The Kier molecular flexibility index (Phi) is 7.02. The van der Waals surface area contributed by atoms with Crippen molar-refractivity contribution in [2.45, 2.75) is 6.18 Å². The van der Waals surface area contributed by atoms with Crippen LogP contribution >= 0.6 is 27.7 Å². The number of pyridine rings is 1. The van der Waals surface area contributed by atoms with Crippen molar-refractivity contribution in [2.24, 2.45) is 0 Å². The Morgan fingerprint density at radius 2 is 1.77 bits per heavy atom. The number of benzene rings is 1. The lowest BCUT2D eigenvalue weighted by Crippen LogP contribution is -2.07. The van der Waals surface area contributed by atoms with E-state index < -0.39 is 11.9 Å². The standard InChI is InChI=1S/C12H8BrF3N2O.C2H6S/c13-7-3-8(17)5-10(4-7)19-9-1-2-11(18-6-9)12(14,15)16;1-3-2/h1-6H,17H2;1-2H3. The highest BCUT2D eigenvalue weighted by atomic mass is 79.9. The van der Waals surface area contributed by atoms with E-state index >= 15 is 0 Å². The van der Waals surface area contributed by atoms with Crippen LogP contribution in [0.2, 0.25) is 0 Å². The van der Waals surface area contributed by atoms with Gasteiger partial charge in [-0.15, -0.1) is 0 Å². The molecule has 3 nitrogen and oxygen atoms in total. The molecule has 0 aliphatic carbocycles. The molecule has 0 unspecified atom stereocenters. The third kappa shape index (κ3) is 6.15. The van der Waals surface area contributed by atoms with Crippen LogP contribution in [0.25, 0.3) is 0 Å². The predicted molar refractivity (Wildman–Crippen MR) is 87.3 cm³/mol. The minimum absolute atomic E-state index is 0.200. The topological polar surface area (TPSA) is 48.1 Å². The number of anilines is 1. The highest BCUT2D eigenvalue weighted by molar-refractivity contribution is 9.10. The lowest BCUT2D eigenvalue weighted by Gasteiger charge is -2.09. The van der Waals surface area contributed by atoms with Crippen molar-refractivity contribution in [1.82, 2.24) is 4.98 Å². The van der Waals surface area contributed by atoms with Gasteiger partial charge in [-0.05, 0) is 36.8 Å². The molecule has 0 saturated heterocycles. The Hall–Kier alpha value is -1.41. The third-order valence-corrected chi connectivity index (χ3v) is 2.61. The van der Waals surface area contributed by atoms with E-state index in [1.165, 1.54) is 6.07 Å². The first-order valence-electron chi connectivity index (χ1n) is 5.93. The molecule has 2 N–H and O–H groups in total. The molecule has 8 heteroatoms. The number of rotatable bonds is 2. The molecule has 1 aromatic heterocycles. The summed E-state index contributed by atoms with van der Waals surface area (Å²) in [4.78, 5) is 3.30. The minimum atomic E-state index is -4.46. The van der Waals surface area contributed by atoms with Crippen LogP contribution in [0, 0.1) is 0 Å². The number of nitrogens with two attached hydrogens (primary N) is 1. The molecule has 0 radical (unpaired) electrons. The second kappa shape index (κ2) is 8.28. The van der Waals surface area contributed by atoms with Crippen LogP contribution in [0.5, 0.6) is 11.5 Å². The molecule has 0 spiro atoms. The first-order chi connectivity index (χ1) is 10.3. The van der Waals surface area contributed by atoms with E-state index in [4.69, 9.17) is 10.5 Å². The SMILES string of the molecule is CSC.Nc1cc(Br)cc(Oc2ccc(C(F)(F)F)nc2)c1. The zero-order chi connectivity index (χ0) is 16.8. The van der Waals surface area contributed by atoms with Gasteiger partial charge in [-0.3, -0.25) is 0 Å². The molecule has 2 aromatic rings. The second-order valence-electron chi connectivity index (χ2n) is 4.11. The van der Waals surface area contributed by atoms with Gasteiger partial charge in [0.25, 0.3) is 0 Å². The van der Waals surface area contributed by atoms with Gasteiger partial charge in [0, 0.05) is 16.2 Å². The van der Waals surface area contributed by atoms with Gasteiger partial charge >= 0.3 is 6.18 Å². The summed E-state index contributed by atoms with van der Waals surface area (Å²) < 4.78 is 43.1. The second-order valence-corrected chi connectivity index (χ2v) is 5.84. The molecule has 0 aliphatic rings. The average Bonchev–Trinajstić information content (AvgIpc) is 2.38. The summed E-state index contributed by atoms with van der Waals surface area (Å²) in [5.74, 6) is 0.610. The molecule has 0 bridgehead atoms. The Balaban J connectivity index is 0.000000745. The summed E-state index contributed by atoms with van der Waals surface area (Å²) in [6.45, 7) is 0. The van der Waals surface area contributed by atoms with Crippen molar-refractivity contribution in [1.29, 1.82) is 0 Å². The highest BCUT2D eigenvalue weighted by Crippen LogP contribution is 2.30. The maximum atomic E-state index is 12.3. The number of hydrogen-bond acceptors (Lipinski definition) is 4. The van der Waals surface area contributed by atoms with E-state index in [1.54, 1.807) is 30.0 Å². The highest BCUT2D eigenvalue weighted by Gasteiger charge is 2.32. The molecule has 0 amide bonds. The van der Waals surface area contributed by atoms with E-state index in [0.717, 1.165) is 12.3 Å². The van der Waals surface area contributed by atoms with Gasteiger partial charge < -0.3 is 10.5 Å². The van der Waals surface area contributed by atoms with Crippen LogP contribution in [0.1, 0.15) is 5.69 Å². The Labute approximate surface area is 139 Å². The molecule has 1 aromatic carbocycles. The summed E-state index contributed by atoms with van der Waals surface area (Å²) in [7, 11) is 0. The minimum Gasteiger partial charge on any atom is -0.456 e. The van der Waals surface area contributed by atoms with Gasteiger partial charge in [-0.25, -0.2) is 4.98 Å². The molecular formula is C14H14BrF3N2OS. The van der Waals surface area contributed by atoms with Crippen molar-refractivity contribution >= 4 is 33.4 Å². The molecule has 0 fully saturated rings.